The highest BCUT2D eigenvalue weighted by molar-refractivity contribution is 7.89. The third-order valence-corrected chi connectivity index (χ3v) is 5.57. The number of benzene rings is 1. The number of nitrogens with zero attached hydrogens (tertiary/aromatic N) is 2. The molecule has 1 aromatic carbocycles. The van der Waals surface area contributed by atoms with Gasteiger partial charge in [0.2, 0.25) is 10.0 Å². The molecule has 0 aliphatic heterocycles. The molecule has 0 saturated carbocycles. The van der Waals surface area contributed by atoms with E-state index in [-0.39, 0.29) is 9.92 Å². The number of sulfonamides is 1. The molecule has 0 atom stereocenters. The Hall–Kier alpha value is -1.14. The number of hydrogen-bond acceptors (Lipinski definition) is 3. The van der Waals surface area contributed by atoms with Crippen molar-refractivity contribution < 1.29 is 8.42 Å². The van der Waals surface area contributed by atoms with Gasteiger partial charge in [0.25, 0.3) is 0 Å². The smallest absolute Gasteiger partial charge is 0.244 e. The summed E-state index contributed by atoms with van der Waals surface area (Å²) >= 11 is 11.8. The van der Waals surface area contributed by atoms with Gasteiger partial charge in [0.15, 0.2) is 0 Å². The monoisotopic (exact) mass is 344 g/mol. The van der Waals surface area contributed by atoms with E-state index >= 15 is 0 Å². The third kappa shape index (κ3) is 3.95. The summed E-state index contributed by atoms with van der Waals surface area (Å²) in [7, 11) is -2.12. The minimum absolute atomic E-state index is 0.0529. The summed E-state index contributed by atoms with van der Waals surface area (Å²) in [5.41, 5.74) is 0.835. The lowest BCUT2D eigenvalue weighted by molar-refractivity contribution is 0.471. The Balaban J connectivity index is 2.15. The van der Waals surface area contributed by atoms with Crippen LogP contribution in [0.25, 0.3) is 0 Å². The van der Waals surface area contributed by atoms with Crippen LogP contribution in [0.5, 0.6) is 0 Å². The third-order valence-electron chi connectivity index (χ3n) is 2.99. The first-order valence-corrected chi connectivity index (χ1v) is 8.42. The number of likely N-dealkylation sites (N-methyl/N-ethyl adjacent to an activating group) is 1. The standard InChI is InChI=1S/C14H14Cl2N2O2S/c1-18(9-7-12-4-2-3-8-17-12)21(19,20)14-6-5-11(15)10-13(14)16/h2-6,8,10H,7,9H2,1H3. The zero-order valence-corrected chi connectivity index (χ0v) is 13.7. The lowest BCUT2D eigenvalue weighted by Crippen LogP contribution is -2.29. The molecule has 112 valence electrons. The second kappa shape index (κ2) is 6.75. The first kappa shape index (κ1) is 16.2. The van der Waals surface area contributed by atoms with E-state index in [2.05, 4.69) is 4.98 Å². The van der Waals surface area contributed by atoms with E-state index in [0.29, 0.717) is 18.0 Å². The van der Waals surface area contributed by atoms with Gasteiger partial charge in [0.05, 0.1) is 5.02 Å². The summed E-state index contributed by atoms with van der Waals surface area (Å²) in [6.45, 7) is 0.318. The van der Waals surface area contributed by atoms with E-state index in [1.165, 1.54) is 29.6 Å². The molecule has 0 aliphatic carbocycles. The highest BCUT2D eigenvalue weighted by Crippen LogP contribution is 2.27. The Kier molecular flexibility index (Phi) is 5.22. The number of aromatic nitrogens is 1. The minimum Gasteiger partial charge on any atom is -0.261 e. The Morgan fingerprint density at radius 1 is 1.19 bits per heavy atom. The molecule has 4 nitrogen and oxygen atoms in total. The van der Waals surface area contributed by atoms with Gasteiger partial charge in [-0.1, -0.05) is 29.3 Å². The van der Waals surface area contributed by atoms with Gasteiger partial charge in [-0.15, -0.1) is 0 Å². The molecule has 0 aliphatic rings. The Bertz CT molecular complexity index is 721. The van der Waals surface area contributed by atoms with Crippen LogP contribution >= 0.6 is 23.2 Å². The van der Waals surface area contributed by atoms with Gasteiger partial charge in [-0.05, 0) is 30.3 Å². The molecule has 0 radical (unpaired) electrons. The molecule has 0 saturated heterocycles. The van der Waals surface area contributed by atoms with Crippen molar-refractivity contribution in [2.45, 2.75) is 11.3 Å². The highest BCUT2D eigenvalue weighted by Gasteiger charge is 2.23. The van der Waals surface area contributed by atoms with Gasteiger partial charge in [0.1, 0.15) is 4.90 Å². The Labute approximate surface area is 134 Å². The highest BCUT2D eigenvalue weighted by atomic mass is 35.5. The van der Waals surface area contributed by atoms with Crippen molar-refractivity contribution in [1.29, 1.82) is 0 Å². The molecule has 0 fully saturated rings. The molecule has 21 heavy (non-hydrogen) atoms. The van der Waals surface area contributed by atoms with Gasteiger partial charge in [0, 0.05) is 36.9 Å². The second-order valence-corrected chi connectivity index (χ2v) is 7.33. The summed E-state index contributed by atoms with van der Waals surface area (Å²) < 4.78 is 26.2. The quantitative estimate of drug-likeness (QED) is 0.836. The van der Waals surface area contributed by atoms with Gasteiger partial charge >= 0.3 is 0 Å². The maximum Gasteiger partial charge on any atom is 0.244 e. The molecule has 1 heterocycles. The second-order valence-electron chi connectivity index (χ2n) is 4.47. The van der Waals surface area contributed by atoms with E-state index in [4.69, 9.17) is 23.2 Å². The van der Waals surface area contributed by atoms with Crippen LogP contribution in [0.2, 0.25) is 10.0 Å². The lowest BCUT2D eigenvalue weighted by Gasteiger charge is -2.17. The Morgan fingerprint density at radius 2 is 1.95 bits per heavy atom. The van der Waals surface area contributed by atoms with E-state index in [1.54, 1.807) is 6.20 Å². The molecular formula is C14H14Cl2N2O2S. The first-order chi connectivity index (χ1) is 9.91. The molecule has 0 bridgehead atoms. The SMILES string of the molecule is CN(CCc1ccccn1)S(=O)(=O)c1ccc(Cl)cc1Cl. The fourth-order valence-electron chi connectivity index (χ4n) is 1.79. The number of hydrogen-bond donors (Lipinski definition) is 0. The van der Waals surface area contributed by atoms with Crippen molar-refractivity contribution in [2.75, 3.05) is 13.6 Å². The summed E-state index contributed by atoms with van der Waals surface area (Å²) in [6.07, 6.45) is 2.21. The summed E-state index contributed by atoms with van der Waals surface area (Å²) in [4.78, 5) is 4.22. The van der Waals surface area contributed by atoms with Gasteiger partial charge < -0.3 is 0 Å². The van der Waals surface area contributed by atoms with Crippen molar-refractivity contribution in [3.8, 4) is 0 Å². The molecular weight excluding hydrogens is 331 g/mol. The first-order valence-electron chi connectivity index (χ1n) is 6.22. The molecule has 7 heteroatoms. The number of rotatable bonds is 5. The van der Waals surface area contributed by atoms with E-state index < -0.39 is 10.0 Å². The van der Waals surface area contributed by atoms with Crippen molar-refractivity contribution >= 4 is 33.2 Å². The maximum atomic E-state index is 12.5. The maximum absolute atomic E-state index is 12.5. The average molecular weight is 345 g/mol. The molecule has 1 aromatic heterocycles. The van der Waals surface area contributed by atoms with E-state index in [9.17, 15) is 8.42 Å². The van der Waals surface area contributed by atoms with Crippen LogP contribution in [0.15, 0.2) is 47.5 Å². The zero-order chi connectivity index (χ0) is 15.5. The van der Waals surface area contributed by atoms with Crippen LogP contribution in [0, 0.1) is 0 Å². The average Bonchev–Trinajstić information content (AvgIpc) is 2.45. The topological polar surface area (TPSA) is 50.3 Å². The van der Waals surface area contributed by atoms with Crippen molar-refractivity contribution in [3.05, 3.63) is 58.3 Å². The molecule has 0 unspecified atom stereocenters. The molecule has 2 aromatic rings. The van der Waals surface area contributed by atoms with Crippen LogP contribution in [0.4, 0.5) is 0 Å². The summed E-state index contributed by atoms with van der Waals surface area (Å²) in [5, 5.41) is 0.516. The largest absolute Gasteiger partial charge is 0.261 e. The summed E-state index contributed by atoms with van der Waals surface area (Å²) in [6, 6.07) is 9.88. The summed E-state index contributed by atoms with van der Waals surface area (Å²) in [5.74, 6) is 0. The molecule has 2 rings (SSSR count). The molecule has 0 N–H and O–H groups in total. The van der Waals surface area contributed by atoms with Gasteiger partial charge in [-0.3, -0.25) is 4.98 Å². The van der Waals surface area contributed by atoms with Crippen molar-refractivity contribution in [2.24, 2.45) is 0 Å². The molecule has 0 amide bonds. The van der Waals surface area contributed by atoms with Gasteiger partial charge in [-0.2, -0.15) is 0 Å². The van der Waals surface area contributed by atoms with E-state index in [0.717, 1.165) is 5.69 Å². The van der Waals surface area contributed by atoms with Crippen LogP contribution in [-0.4, -0.2) is 31.3 Å². The fourth-order valence-corrected chi connectivity index (χ4v) is 3.70. The van der Waals surface area contributed by atoms with Crippen LogP contribution < -0.4 is 0 Å². The van der Waals surface area contributed by atoms with Crippen molar-refractivity contribution in [1.82, 2.24) is 9.29 Å². The number of pyridine rings is 1. The predicted molar refractivity (Wildman–Crippen MR) is 84.2 cm³/mol. The lowest BCUT2D eigenvalue weighted by atomic mass is 10.3. The van der Waals surface area contributed by atoms with Crippen LogP contribution in [-0.2, 0) is 16.4 Å². The normalized spacial score (nSPS) is 11.8. The van der Waals surface area contributed by atoms with Gasteiger partial charge in [-0.25, -0.2) is 12.7 Å². The predicted octanol–water partition coefficient (Wildman–Crippen LogP) is 3.25. The van der Waals surface area contributed by atoms with Crippen LogP contribution in [0.3, 0.4) is 0 Å². The van der Waals surface area contributed by atoms with E-state index in [1.807, 2.05) is 18.2 Å². The minimum atomic E-state index is -3.64. The Morgan fingerprint density at radius 3 is 2.57 bits per heavy atom. The fraction of sp³-hybridized carbons (Fsp3) is 0.214. The molecule has 0 spiro atoms. The number of halogens is 2. The van der Waals surface area contributed by atoms with Crippen molar-refractivity contribution in [3.63, 3.8) is 0 Å². The van der Waals surface area contributed by atoms with Crippen LogP contribution in [0.1, 0.15) is 5.69 Å². The zero-order valence-electron chi connectivity index (χ0n) is 11.3.